The van der Waals surface area contributed by atoms with Gasteiger partial charge in [0.25, 0.3) is 0 Å². The third-order valence-electron chi connectivity index (χ3n) is 4.08. The molecule has 0 bridgehead atoms. The molecule has 1 aliphatic heterocycles. The quantitative estimate of drug-likeness (QED) is 0.514. The van der Waals surface area contributed by atoms with Gasteiger partial charge in [-0.3, -0.25) is 10.7 Å². The number of hydrazone groups is 1. The number of fused-ring (bicyclic) bond motifs is 3. The Labute approximate surface area is 153 Å². The Morgan fingerprint density at radius 2 is 2.04 bits per heavy atom. The van der Waals surface area contributed by atoms with Crippen LogP contribution in [0.3, 0.4) is 0 Å². The standard InChI is InChI=1S/C17H15Cl2N5O/c18-9-1-3-12-11(7-9)15-13(5-6-20-17(25)16(15)22-12)23-24-14-4-2-10(19)8-21-14/h1-4,7-8,17,20,22,25H,5-6H2,(H,21,24)/b23-13+. The molecule has 1 unspecified atom stereocenters. The number of rotatable bonds is 2. The summed E-state index contributed by atoms with van der Waals surface area (Å²) in [5, 5.41) is 20.1. The number of hydrogen-bond donors (Lipinski definition) is 4. The molecule has 0 saturated carbocycles. The summed E-state index contributed by atoms with van der Waals surface area (Å²) in [6.07, 6.45) is 1.41. The lowest BCUT2D eigenvalue weighted by Gasteiger charge is -2.08. The van der Waals surface area contributed by atoms with Crippen molar-refractivity contribution in [3.05, 3.63) is 57.8 Å². The number of H-pyrrole nitrogens is 1. The number of benzene rings is 1. The Kier molecular flexibility index (Phi) is 4.35. The van der Waals surface area contributed by atoms with Gasteiger partial charge >= 0.3 is 0 Å². The predicted octanol–water partition coefficient (Wildman–Crippen LogP) is 3.67. The van der Waals surface area contributed by atoms with Crippen LogP contribution in [-0.4, -0.2) is 27.3 Å². The van der Waals surface area contributed by atoms with Crippen LogP contribution in [0, 0.1) is 0 Å². The second kappa shape index (κ2) is 6.65. The molecule has 0 fully saturated rings. The van der Waals surface area contributed by atoms with Crippen LogP contribution >= 0.6 is 23.2 Å². The van der Waals surface area contributed by atoms with E-state index >= 15 is 0 Å². The fourth-order valence-corrected chi connectivity index (χ4v) is 3.22. The zero-order valence-electron chi connectivity index (χ0n) is 13.1. The zero-order valence-corrected chi connectivity index (χ0v) is 14.6. The van der Waals surface area contributed by atoms with Gasteiger partial charge in [-0.15, -0.1) is 0 Å². The third-order valence-corrected chi connectivity index (χ3v) is 4.54. The molecule has 1 aliphatic rings. The van der Waals surface area contributed by atoms with Crippen LogP contribution in [0.1, 0.15) is 23.9 Å². The number of hydrogen-bond acceptors (Lipinski definition) is 5. The Morgan fingerprint density at radius 3 is 2.84 bits per heavy atom. The lowest BCUT2D eigenvalue weighted by Crippen LogP contribution is -2.20. The summed E-state index contributed by atoms with van der Waals surface area (Å²) in [7, 11) is 0. The van der Waals surface area contributed by atoms with Crippen molar-refractivity contribution in [1.82, 2.24) is 15.3 Å². The number of nitrogens with zero attached hydrogens (tertiary/aromatic N) is 2. The smallest absolute Gasteiger partial charge is 0.146 e. The second-order valence-corrected chi connectivity index (χ2v) is 6.62. The van der Waals surface area contributed by atoms with Gasteiger partial charge in [0, 0.05) is 40.7 Å². The van der Waals surface area contributed by atoms with Gasteiger partial charge in [0.2, 0.25) is 0 Å². The van der Waals surface area contributed by atoms with Crippen LogP contribution in [0.4, 0.5) is 5.82 Å². The topological polar surface area (TPSA) is 85.3 Å². The number of aromatic amines is 1. The van der Waals surface area contributed by atoms with E-state index < -0.39 is 6.23 Å². The molecule has 25 heavy (non-hydrogen) atoms. The maximum Gasteiger partial charge on any atom is 0.146 e. The normalized spacial score (nSPS) is 19.0. The van der Waals surface area contributed by atoms with E-state index in [2.05, 4.69) is 25.8 Å². The first-order chi connectivity index (χ1) is 12.1. The zero-order chi connectivity index (χ0) is 17.4. The molecular formula is C17H15Cl2N5O. The van der Waals surface area contributed by atoms with Gasteiger partial charge in [0.1, 0.15) is 12.0 Å². The molecule has 0 radical (unpaired) electrons. The molecule has 6 nitrogen and oxygen atoms in total. The van der Waals surface area contributed by atoms with Crippen LogP contribution in [0.2, 0.25) is 10.0 Å². The molecule has 8 heteroatoms. The maximum absolute atomic E-state index is 10.4. The molecule has 1 atom stereocenters. The average molecular weight is 376 g/mol. The Bertz CT molecular complexity index is 952. The molecule has 4 N–H and O–H groups in total. The second-order valence-electron chi connectivity index (χ2n) is 5.74. The van der Waals surface area contributed by atoms with Gasteiger partial charge in [-0.25, -0.2) is 4.98 Å². The number of pyridine rings is 1. The summed E-state index contributed by atoms with van der Waals surface area (Å²) >= 11 is 12.0. The molecule has 0 aliphatic carbocycles. The first-order valence-corrected chi connectivity index (χ1v) is 8.54. The molecule has 3 heterocycles. The highest BCUT2D eigenvalue weighted by atomic mass is 35.5. The minimum absolute atomic E-state index is 0.563. The van der Waals surface area contributed by atoms with Crippen LogP contribution < -0.4 is 10.7 Å². The summed E-state index contributed by atoms with van der Waals surface area (Å²) in [5.41, 5.74) is 6.20. The largest absolute Gasteiger partial charge is 0.373 e. The van der Waals surface area contributed by atoms with E-state index in [0.29, 0.717) is 34.5 Å². The number of nitrogens with one attached hydrogen (secondary N) is 3. The van der Waals surface area contributed by atoms with Gasteiger partial charge in [-0.2, -0.15) is 5.10 Å². The number of halogens is 2. The SMILES string of the molecule is OC1NCC/C(=N\Nc2ccc(Cl)cn2)c2c1[nH]c1ccc(Cl)cc21. The van der Waals surface area contributed by atoms with Gasteiger partial charge in [-0.1, -0.05) is 23.2 Å². The van der Waals surface area contributed by atoms with Gasteiger partial charge in [0.05, 0.1) is 16.4 Å². The van der Waals surface area contributed by atoms with Gasteiger partial charge in [-0.05, 0) is 30.3 Å². The minimum atomic E-state index is -0.789. The van der Waals surface area contributed by atoms with Crippen molar-refractivity contribution in [2.45, 2.75) is 12.6 Å². The van der Waals surface area contributed by atoms with Crippen molar-refractivity contribution in [3.8, 4) is 0 Å². The van der Waals surface area contributed by atoms with Crippen molar-refractivity contribution in [1.29, 1.82) is 0 Å². The summed E-state index contributed by atoms with van der Waals surface area (Å²) in [6.45, 7) is 0.598. The summed E-state index contributed by atoms with van der Waals surface area (Å²) < 4.78 is 0. The highest BCUT2D eigenvalue weighted by molar-refractivity contribution is 6.31. The molecule has 0 saturated heterocycles. The first kappa shape index (κ1) is 16.4. The van der Waals surface area contributed by atoms with Crippen LogP contribution in [0.25, 0.3) is 10.9 Å². The highest BCUT2D eigenvalue weighted by Crippen LogP contribution is 2.31. The van der Waals surface area contributed by atoms with Crippen molar-refractivity contribution >= 4 is 45.6 Å². The van der Waals surface area contributed by atoms with E-state index in [1.807, 2.05) is 18.2 Å². The van der Waals surface area contributed by atoms with E-state index in [1.54, 1.807) is 18.3 Å². The lowest BCUT2D eigenvalue weighted by atomic mass is 10.0. The molecule has 0 amide bonds. The Hall–Kier alpha value is -2.12. The van der Waals surface area contributed by atoms with E-state index in [9.17, 15) is 5.11 Å². The van der Waals surface area contributed by atoms with Gasteiger partial charge < -0.3 is 10.1 Å². The van der Waals surface area contributed by atoms with Gasteiger partial charge in [0.15, 0.2) is 0 Å². The maximum atomic E-state index is 10.4. The fraction of sp³-hybridized carbons (Fsp3) is 0.176. The molecule has 3 aromatic rings. The number of aromatic nitrogens is 2. The van der Waals surface area contributed by atoms with E-state index in [0.717, 1.165) is 22.2 Å². The first-order valence-electron chi connectivity index (χ1n) is 7.79. The Balaban J connectivity index is 1.79. The summed E-state index contributed by atoms with van der Waals surface area (Å²) in [5.74, 6) is 0.592. The molecular weight excluding hydrogens is 361 g/mol. The number of aliphatic hydroxyl groups excluding tert-OH is 1. The van der Waals surface area contributed by atoms with E-state index in [4.69, 9.17) is 23.2 Å². The van der Waals surface area contributed by atoms with Crippen molar-refractivity contribution in [2.75, 3.05) is 12.0 Å². The molecule has 2 aromatic heterocycles. The molecule has 0 spiro atoms. The summed E-state index contributed by atoms with van der Waals surface area (Å²) in [6, 6.07) is 9.08. The number of anilines is 1. The summed E-state index contributed by atoms with van der Waals surface area (Å²) in [4.78, 5) is 7.43. The fourth-order valence-electron chi connectivity index (χ4n) is 2.93. The van der Waals surface area contributed by atoms with Crippen molar-refractivity contribution in [2.24, 2.45) is 5.10 Å². The van der Waals surface area contributed by atoms with Crippen LogP contribution in [0.5, 0.6) is 0 Å². The van der Waals surface area contributed by atoms with Crippen molar-refractivity contribution < 1.29 is 5.11 Å². The van der Waals surface area contributed by atoms with E-state index in [-0.39, 0.29) is 0 Å². The molecule has 4 rings (SSSR count). The van der Waals surface area contributed by atoms with Crippen molar-refractivity contribution in [3.63, 3.8) is 0 Å². The predicted molar refractivity (Wildman–Crippen MR) is 100 cm³/mol. The molecule has 1 aromatic carbocycles. The minimum Gasteiger partial charge on any atom is -0.373 e. The van der Waals surface area contributed by atoms with Crippen LogP contribution in [-0.2, 0) is 0 Å². The Morgan fingerprint density at radius 1 is 1.20 bits per heavy atom. The number of aliphatic hydroxyl groups is 1. The van der Waals surface area contributed by atoms with Crippen LogP contribution in [0.15, 0.2) is 41.6 Å². The average Bonchev–Trinajstić information content (AvgIpc) is 2.90. The van der Waals surface area contributed by atoms with E-state index in [1.165, 1.54) is 0 Å². The lowest BCUT2D eigenvalue weighted by molar-refractivity contribution is 0.138. The highest BCUT2D eigenvalue weighted by Gasteiger charge is 2.25. The molecule has 128 valence electrons. The monoisotopic (exact) mass is 375 g/mol. The third kappa shape index (κ3) is 3.21.